The molecule has 0 saturated heterocycles. The SMILES string of the molecule is CCCC[n+]1c(CC(=O)OCC(COC(=O)Cc2[nH]c3ccccc3[n+]2CCCC)(COC(=O)Cc2[nH]c3ccccc3[n+]2CCCC)COC(=O)Cc2[nH]c3ccccc3[n+]2CCCC)[nH]c2ccccc21.O=S(=O)([N-]S(=O)(=O)C(F)(F)F)C(F)(F)F.O=S(=O)([N-]S(=O)(=O)C(F)(F)F)C(F)(F)F.O=S(=O)([N-]S(=O)(=O)C(F)(F)F)C(F)(F)F.O=S(=O)([N-]S(=O)(=O)C(F)(F)F)C(F)(F)F. The highest BCUT2D eigenvalue weighted by atomic mass is 32.3. The fourth-order valence-corrected chi connectivity index (χ4v) is 17.2. The van der Waals surface area contributed by atoms with Crippen LogP contribution in [-0.2, 0) is 170 Å². The molecule has 0 radical (unpaired) electrons. The molecule has 4 aromatic heterocycles. The fraction of sp³-hybridized carbons (Fsp3) is 0.508. The van der Waals surface area contributed by atoms with E-state index in [-0.39, 0.29) is 25.7 Å². The Balaban J connectivity index is 0.000000492. The minimum atomic E-state index is -6.72. The first-order chi connectivity index (χ1) is 60.4. The molecule has 8 aromatic rings. The van der Waals surface area contributed by atoms with Crippen molar-refractivity contribution in [2.45, 2.75) is 175 Å². The van der Waals surface area contributed by atoms with Gasteiger partial charge in [0.25, 0.3) is 23.3 Å². The number of alkyl halides is 24. The molecular formula is C65H72F24N12O24S8. The van der Waals surface area contributed by atoms with Gasteiger partial charge in [0.15, 0.2) is 124 Å². The molecule has 0 spiro atoms. The van der Waals surface area contributed by atoms with Crippen molar-refractivity contribution in [1.82, 2.24) is 19.9 Å². The standard InChI is InChI=1S/C57H68N8O8.4C2F6NO4S2/c1-5-9-29-62-45-25-17-13-21-41(45)58-49(62)33-53(66)70-37-57(38-71-54(67)34-50-59-42-22-14-18-26-46(42)63(50)30-10-6-2,39-72-55(68)35-51-60-43-23-15-19-27-47(43)64(51)31-11-7-3)40-73-56(69)36-52-61-44-24-16-20-28-48(44)65(52)32-12-8-4;4*3-1(4,5)14(10,11)9-15(12,13)2(6,7)8/h13-28H,5-12,29-40H2,1-4H3;;;;/q;4*-1/p+4. The Hall–Kier alpha value is -9.60. The molecule has 0 fully saturated rings. The third kappa shape index (κ3) is 32.3. The smallest absolute Gasteiger partial charge is 0.464 e. The molecule has 4 heterocycles. The number of carbonyl (C=O) groups is 4. The number of imidazole rings is 4. The highest BCUT2D eigenvalue weighted by molar-refractivity contribution is 8.14. The lowest BCUT2D eigenvalue weighted by Crippen LogP contribution is -2.45. The number of rotatable bonds is 36. The van der Waals surface area contributed by atoms with Crippen molar-refractivity contribution in [3.63, 3.8) is 0 Å². The fourth-order valence-electron chi connectivity index (χ4n) is 10.4. The lowest BCUT2D eigenvalue weighted by Gasteiger charge is -2.31. The number of sulfonamides is 8. The summed E-state index contributed by atoms with van der Waals surface area (Å²) in [6.45, 7) is 9.69. The summed E-state index contributed by atoms with van der Waals surface area (Å²) in [6.07, 6.45) is 7.11. The van der Waals surface area contributed by atoms with Crippen molar-refractivity contribution in [1.29, 1.82) is 0 Å². The maximum atomic E-state index is 14.1. The second-order valence-electron chi connectivity index (χ2n) is 26.9. The first-order valence-electron chi connectivity index (χ1n) is 36.5. The summed E-state index contributed by atoms with van der Waals surface area (Å²) in [4.78, 5) is 70.2. The number of para-hydroxylation sites is 8. The van der Waals surface area contributed by atoms with Crippen molar-refractivity contribution >= 4 is 148 Å². The molecule has 0 aliphatic rings. The van der Waals surface area contributed by atoms with Crippen LogP contribution in [0.15, 0.2) is 97.1 Å². The third-order valence-corrected chi connectivity index (χ3v) is 27.6. The van der Waals surface area contributed by atoms with Gasteiger partial charge in [-0.2, -0.15) is 105 Å². The molecule has 0 aliphatic carbocycles. The molecule has 8 rings (SSSR count). The number of aromatic nitrogens is 8. The summed E-state index contributed by atoms with van der Waals surface area (Å²) < 4.78 is 470. The molecule has 0 amide bonds. The molecule has 0 unspecified atom stereocenters. The van der Waals surface area contributed by atoms with Crippen molar-refractivity contribution in [3.8, 4) is 0 Å². The van der Waals surface area contributed by atoms with Crippen molar-refractivity contribution in [2.75, 3.05) is 26.4 Å². The maximum Gasteiger partial charge on any atom is 0.480 e. The van der Waals surface area contributed by atoms with Gasteiger partial charge in [0.1, 0.15) is 57.5 Å². The minimum absolute atomic E-state index is 0.0950. The first-order valence-corrected chi connectivity index (χ1v) is 48.0. The van der Waals surface area contributed by atoms with Gasteiger partial charge in [-0.05, 0) is 74.2 Å². The summed E-state index contributed by atoms with van der Waals surface area (Å²) in [5.74, 6) is 0.441. The largest absolute Gasteiger partial charge is 0.480 e. The minimum Gasteiger partial charge on any atom is -0.464 e. The monoisotopic (exact) mass is 2120 g/mol. The number of fused-ring (bicyclic) bond motifs is 4. The van der Waals surface area contributed by atoms with Gasteiger partial charge in [-0.15, -0.1) is 0 Å². The molecule has 36 nitrogen and oxygen atoms in total. The van der Waals surface area contributed by atoms with E-state index >= 15 is 0 Å². The Morgan fingerprint density at radius 2 is 0.406 bits per heavy atom. The normalized spacial score (nSPS) is 13.4. The maximum absolute atomic E-state index is 14.1. The molecular weight excluding hydrogens is 2050 g/mol. The number of nitrogens with one attached hydrogen (secondary N) is 4. The van der Waals surface area contributed by atoms with Gasteiger partial charge >= 0.3 is 67.9 Å². The highest BCUT2D eigenvalue weighted by Crippen LogP contribution is 2.41. The topological polar surface area (TPSA) is 513 Å². The average molecular weight is 2120 g/mol. The number of aryl methyl sites for hydroxylation is 4. The highest BCUT2D eigenvalue weighted by Gasteiger charge is 2.52. The number of esters is 4. The molecule has 4 N–H and O–H groups in total. The van der Waals surface area contributed by atoms with E-state index in [9.17, 15) is 192 Å². The number of nitrogens with zero attached hydrogens (tertiary/aromatic N) is 8. The van der Waals surface area contributed by atoms with Crippen molar-refractivity contribution in [2.24, 2.45) is 5.41 Å². The van der Waals surface area contributed by atoms with Crippen LogP contribution in [0.25, 0.3) is 60.6 Å². The van der Waals surface area contributed by atoms with Gasteiger partial charge in [-0.1, -0.05) is 102 Å². The van der Waals surface area contributed by atoms with E-state index in [1.54, 1.807) is 0 Å². The molecule has 752 valence electrons. The zero-order valence-electron chi connectivity index (χ0n) is 67.6. The predicted molar refractivity (Wildman–Crippen MR) is 408 cm³/mol. The summed E-state index contributed by atoms with van der Waals surface area (Å²) in [5, 5.41) is 0. The van der Waals surface area contributed by atoms with Crippen LogP contribution in [0.2, 0.25) is 0 Å². The lowest BCUT2D eigenvalue weighted by atomic mass is 9.92. The van der Waals surface area contributed by atoms with Gasteiger partial charge in [0, 0.05) is 0 Å². The molecule has 0 saturated carbocycles. The second kappa shape index (κ2) is 44.9. The van der Waals surface area contributed by atoms with Gasteiger partial charge in [0.05, 0.1) is 26.2 Å². The van der Waals surface area contributed by atoms with Gasteiger partial charge in [-0.3, -0.25) is 19.2 Å². The van der Waals surface area contributed by atoms with Crippen molar-refractivity contribution < 1.29 is 229 Å². The zero-order chi connectivity index (χ0) is 102. The Bertz CT molecular complexity index is 5450. The molecule has 68 heteroatoms. The molecule has 0 aliphatic heterocycles. The van der Waals surface area contributed by atoms with Gasteiger partial charge in [-0.25, -0.2) is 106 Å². The van der Waals surface area contributed by atoms with Crippen LogP contribution in [-0.4, -0.2) is 182 Å². The zero-order valence-corrected chi connectivity index (χ0v) is 74.1. The van der Waals surface area contributed by atoms with Crippen LogP contribution in [0.4, 0.5) is 105 Å². The van der Waals surface area contributed by atoms with Crippen LogP contribution in [0.3, 0.4) is 0 Å². The Morgan fingerprint density at radius 3 is 0.541 bits per heavy atom. The Kier molecular flexibility index (Phi) is 39.1. The number of carbonyl (C=O) groups excluding carboxylic acids is 4. The van der Waals surface area contributed by atoms with Crippen LogP contribution in [0.1, 0.15) is 102 Å². The molecule has 4 aromatic carbocycles. The quantitative estimate of drug-likeness (QED) is 0.0123. The van der Waals surface area contributed by atoms with Crippen LogP contribution < -0.4 is 18.3 Å². The number of benzene rings is 4. The number of hydrogen-bond donors (Lipinski definition) is 4. The summed E-state index contributed by atoms with van der Waals surface area (Å²) in [7, 11) is -53.8. The third-order valence-electron chi connectivity index (χ3n) is 16.7. The number of ether oxygens (including phenoxy) is 4. The van der Waals surface area contributed by atoms with E-state index in [0.717, 1.165) is 112 Å². The number of unbranched alkanes of at least 4 members (excludes halogenated alkanes) is 4. The van der Waals surface area contributed by atoms with E-state index < -0.39 is 180 Å². The Morgan fingerprint density at radius 1 is 0.263 bits per heavy atom. The van der Waals surface area contributed by atoms with Crippen LogP contribution in [0.5, 0.6) is 0 Å². The van der Waals surface area contributed by atoms with E-state index in [1.165, 1.54) is 0 Å². The molecule has 0 bridgehead atoms. The predicted octanol–water partition coefficient (Wildman–Crippen LogP) is 11.6. The Labute approximate surface area is 737 Å². The van der Waals surface area contributed by atoms with Crippen LogP contribution >= 0.6 is 0 Å². The number of hydrogen-bond acceptors (Lipinski definition) is 24. The van der Waals surface area contributed by atoms with Crippen molar-refractivity contribution in [3.05, 3.63) is 137 Å². The number of halogens is 24. The van der Waals surface area contributed by atoms with E-state index in [0.29, 0.717) is 49.5 Å². The number of H-pyrrole nitrogens is 4. The second-order valence-corrected chi connectivity index (χ2v) is 40.6. The van der Waals surface area contributed by atoms with E-state index in [4.69, 9.17) is 18.9 Å². The number of aromatic amines is 4. The van der Waals surface area contributed by atoms with E-state index in [2.05, 4.69) is 65.9 Å². The van der Waals surface area contributed by atoms with Gasteiger partial charge in [0.2, 0.25) is 0 Å². The average Bonchev–Trinajstić information content (AvgIpc) is 1.59. The van der Waals surface area contributed by atoms with E-state index in [1.807, 2.05) is 97.1 Å². The van der Waals surface area contributed by atoms with Gasteiger partial charge < -0.3 is 35.5 Å². The molecule has 0 atom stereocenters. The summed E-state index contributed by atoms with van der Waals surface area (Å²) >= 11 is 0. The summed E-state index contributed by atoms with van der Waals surface area (Å²) in [5.41, 5.74) is -43.7. The first kappa shape index (κ1) is 116. The lowest BCUT2D eigenvalue weighted by molar-refractivity contribution is -0.678. The van der Waals surface area contributed by atoms with Crippen LogP contribution in [0, 0.1) is 5.41 Å². The summed E-state index contributed by atoms with van der Waals surface area (Å²) in [6, 6.07) is 31.6. The molecule has 133 heavy (non-hydrogen) atoms.